The van der Waals surface area contributed by atoms with Gasteiger partial charge in [0.25, 0.3) is 0 Å². The summed E-state index contributed by atoms with van der Waals surface area (Å²) in [7, 11) is 1.16. The molecule has 1 aliphatic rings. The number of anilines is 1. The van der Waals surface area contributed by atoms with Crippen molar-refractivity contribution in [2.45, 2.75) is 31.5 Å². The van der Waals surface area contributed by atoms with Gasteiger partial charge in [0.1, 0.15) is 0 Å². The minimum Gasteiger partial charge on any atom is -0.465 e. The van der Waals surface area contributed by atoms with Gasteiger partial charge in [-0.15, -0.1) is 10.2 Å². The zero-order valence-electron chi connectivity index (χ0n) is 12.7. The van der Waals surface area contributed by atoms with Crippen molar-refractivity contribution >= 4 is 11.7 Å². The quantitative estimate of drug-likeness (QED) is 0.840. The van der Waals surface area contributed by atoms with Crippen LogP contribution in [0.5, 0.6) is 0 Å². The maximum Gasteiger partial charge on any atom is 0.416 e. The normalized spacial score (nSPS) is 14.5. The Morgan fingerprint density at radius 1 is 1.38 bits per heavy atom. The fraction of sp³-hybridized carbons (Fsp3) is 0.400. The third-order valence-corrected chi connectivity index (χ3v) is 3.59. The van der Waals surface area contributed by atoms with Gasteiger partial charge in [0.2, 0.25) is 11.8 Å². The Balaban J connectivity index is 1.81. The Kier molecular flexibility index (Phi) is 4.16. The number of hydrogen-bond donors (Lipinski definition) is 1. The van der Waals surface area contributed by atoms with Crippen LogP contribution in [0.15, 0.2) is 22.6 Å². The molecule has 0 spiro atoms. The number of benzene rings is 1. The van der Waals surface area contributed by atoms with E-state index in [-0.39, 0.29) is 29.6 Å². The van der Waals surface area contributed by atoms with E-state index in [0.29, 0.717) is 5.89 Å². The van der Waals surface area contributed by atoms with E-state index in [1.54, 1.807) is 0 Å². The number of carbonyl (C=O) groups is 1. The highest BCUT2D eigenvalue weighted by atomic mass is 19.4. The van der Waals surface area contributed by atoms with E-state index in [0.717, 1.165) is 38.2 Å². The molecule has 0 saturated heterocycles. The molecule has 3 rings (SSSR count). The molecule has 1 aromatic heterocycles. The summed E-state index contributed by atoms with van der Waals surface area (Å²) in [5.74, 6) is 0.315. The molecule has 1 saturated carbocycles. The summed E-state index contributed by atoms with van der Waals surface area (Å²) in [6.45, 7) is 0.00498. The van der Waals surface area contributed by atoms with Gasteiger partial charge in [-0.3, -0.25) is 0 Å². The molecule has 128 valence electrons. The van der Waals surface area contributed by atoms with Gasteiger partial charge >= 0.3 is 12.1 Å². The lowest BCUT2D eigenvalue weighted by molar-refractivity contribution is -0.137. The Labute approximate surface area is 135 Å². The molecule has 0 aliphatic heterocycles. The topological polar surface area (TPSA) is 77.2 Å². The van der Waals surface area contributed by atoms with Crippen molar-refractivity contribution in [1.82, 2.24) is 10.2 Å². The van der Waals surface area contributed by atoms with Crippen molar-refractivity contribution in [2.24, 2.45) is 0 Å². The second-order valence-corrected chi connectivity index (χ2v) is 5.41. The highest BCUT2D eigenvalue weighted by Gasteiger charge is 2.32. The number of methoxy groups -OCH3 is 1. The van der Waals surface area contributed by atoms with Crippen LogP contribution in [-0.2, 0) is 17.5 Å². The summed E-state index contributed by atoms with van der Waals surface area (Å²) in [5, 5.41) is 10.5. The number of nitrogens with one attached hydrogen (secondary N) is 1. The second kappa shape index (κ2) is 6.14. The first-order valence-electron chi connectivity index (χ1n) is 7.24. The van der Waals surface area contributed by atoms with Crippen molar-refractivity contribution in [2.75, 3.05) is 12.4 Å². The molecule has 0 radical (unpaired) electrons. The molecule has 1 heterocycles. The number of rotatable bonds is 5. The van der Waals surface area contributed by atoms with E-state index in [2.05, 4.69) is 20.3 Å². The SMILES string of the molecule is COC(=O)c1ccc(C(F)(F)F)cc1NCc1nnc(C2CC2)o1. The van der Waals surface area contributed by atoms with Crippen LogP contribution in [0.2, 0.25) is 0 Å². The van der Waals surface area contributed by atoms with E-state index in [9.17, 15) is 18.0 Å². The van der Waals surface area contributed by atoms with Gasteiger partial charge in [0.05, 0.1) is 24.8 Å². The summed E-state index contributed by atoms with van der Waals surface area (Å²) in [4.78, 5) is 11.7. The Bertz CT molecular complexity index is 754. The van der Waals surface area contributed by atoms with Gasteiger partial charge in [0.15, 0.2) is 0 Å². The molecule has 2 aromatic rings. The van der Waals surface area contributed by atoms with Crippen LogP contribution in [0.4, 0.5) is 18.9 Å². The highest BCUT2D eigenvalue weighted by Crippen LogP contribution is 2.39. The van der Waals surface area contributed by atoms with Crippen molar-refractivity contribution in [3.63, 3.8) is 0 Å². The fourth-order valence-electron chi connectivity index (χ4n) is 2.16. The first-order chi connectivity index (χ1) is 11.4. The van der Waals surface area contributed by atoms with Crippen LogP contribution in [0.1, 0.15) is 46.5 Å². The molecule has 0 atom stereocenters. The second-order valence-electron chi connectivity index (χ2n) is 5.41. The van der Waals surface area contributed by atoms with E-state index in [1.165, 1.54) is 0 Å². The van der Waals surface area contributed by atoms with Crippen LogP contribution in [0.25, 0.3) is 0 Å². The predicted octanol–water partition coefficient (Wildman–Crippen LogP) is 3.36. The van der Waals surface area contributed by atoms with Gasteiger partial charge in [-0.2, -0.15) is 13.2 Å². The van der Waals surface area contributed by atoms with Gasteiger partial charge in [-0.1, -0.05) is 0 Å². The molecule has 6 nitrogen and oxygen atoms in total. The monoisotopic (exact) mass is 341 g/mol. The first kappa shape index (κ1) is 16.3. The molecule has 9 heteroatoms. The molecular weight excluding hydrogens is 327 g/mol. The number of aromatic nitrogens is 2. The Morgan fingerprint density at radius 2 is 2.12 bits per heavy atom. The van der Waals surface area contributed by atoms with Crippen LogP contribution >= 0.6 is 0 Å². The van der Waals surface area contributed by atoms with E-state index in [1.807, 2.05) is 0 Å². The van der Waals surface area contributed by atoms with E-state index >= 15 is 0 Å². The van der Waals surface area contributed by atoms with Gasteiger partial charge in [0, 0.05) is 11.6 Å². The Morgan fingerprint density at radius 3 is 2.75 bits per heavy atom. The standard InChI is InChI=1S/C15H14F3N3O3/c1-23-14(22)10-5-4-9(15(16,17)18)6-11(10)19-7-12-20-21-13(24-12)8-2-3-8/h4-6,8,19H,2-3,7H2,1H3. The van der Waals surface area contributed by atoms with Gasteiger partial charge in [-0.05, 0) is 31.0 Å². The minimum atomic E-state index is -4.52. The summed E-state index contributed by atoms with van der Waals surface area (Å²) < 4.78 is 48.6. The zero-order chi connectivity index (χ0) is 17.3. The smallest absolute Gasteiger partial charge is 0.416 e. The molecular formula is C15H14F3N3O3. The average molecular weight is 341 g/mol. The summed E-state index contributed by atoms with van der Waals surface area (Å²) in [6.07, 6.45) is -2.53. The van der Waals surface area contributed by atoms with Crippen molar-refractivity contribution in [1.29, 1.82) is 0 Å². The van der Waals surface area contributed by atoms with Crippen LogP contribution in [-0.4, -0.2) is 23.3 Å². The van der Waals surface area contributed by atoms with Crippen molar-refractivity contribution in [3.8, 4) is 0 Å². The Hall–Kier alpha value is -2.58. The molecule has 1 aromatic carbocycles. The van der Waals surface area contributed by atoms with E-state index in [4.69, 9.17) is 4.42 Å². The predicted molar refractivity (Wildman–Crippen MR) is 76.4 cm³/mol. The fourth-order valence-corrected chi connectivity index (χ4v) is 2.16. The first-order valence-corrected chi connectivity index (χ1v) is 7.24. The summed E-state index contributed by atoms with van der Waals surface area (Å²) >= 11 is 0. The average Bonchev–Trinajstić information content (AvgIpc) is 3.30. The minimum absolute atomic E-state index is 0.00498. The highest BCUT2D eigenvalue weighted by molar-refractivity contribution is 5.95. The van der Waals surface area contributed by atoms with Crippen LogP contribution in [0, 0.1) is 0 Å². The van der Waals surface area contributed by atoms with Crippen molar-refractivity contribution < 1.29 is 27.1 Å². The molecule has 0 amide bonds. The molecule has 1 fully saturated rings. The van der Waals surface area contributed by atoms with Gasteiger partial charge in [-0.25, -0.2) is 4.79 Å². The van der Waals surface area contributed by atoms with Crippen LogP contribution < -0.4 is 5.32 Å². The third kappa shape index (κ3) is 3.50. The molecule has 1 N–H and O–H groups in total. The number of ether oxygens (including phenoxy) is 1. The molecule has 24 heavy (non-hydrogen) atoms. The number of carbonyl (C=O) groups excluding carboxylic acids is 1. The third-order valence-electron chi connectivity index (χ3n) is 3.59. The number of esters is 1. The number of nitrogens with zero attached hydrogens (tertiary/aromatic N) is 2. The maximum atomic E-state index is 12.9. The lowest BCUT2D eigenvalue weighted by Crippen LogP contribution is -2.12. The lowest BCUT2D eigenvalue weighted by Gasteiger charge is -2.13. The lowest BCUT2D eigenvalue weighted by atomic mass is 10.1. The number of alkyl halides is 3. The van der Waals surface area contributed by atoms with Crippen molar-refractivity contribution in [3.05, 3.63) is 41.1 Å². The molecule has 1 aliphatic carbocycles. The largest absolute Gasteiger partial charge is 0.465 e. The molecule has 0 unspecified atom stereocenters. The van der Waals surface area contributed by atoms with E-state index < -0.39 is 17.7 Å². The zero-order valence-corrected chi connectivity index (χ0v) is 12.7. The number of hydrogen-bond acceptors (Lipinski definition) is 6. The maximum absolute atomic E-state index is 12.9. The van der Waals surface area contributed by atoms with Crippen LogP contribution in [0.3, 0.4) is 0 Å². The molecule has 0 bridgehead atoms. The number of halogens is 3. The summed E-state index contributed by atoms with van der Waals surface area (Å²) in [6, 6.07) is 2.75. The van der Waals surface area contributed by atoms with Gasteiger partial charge < -0.3 is 14.5 Å². The summed E-state index contributed by atoms with van der Waals surface area (Å²) in [5.41, 5.74) is -0.892.